The molecule has 4 rings (SSSR count). The molecule has 0 aliphatic heterocycles. The van der Waals surface area contributed by atoms with Crippen molar-refractivity contribution in [2.45, 2.75) is 0 Å². The molecule has 1 heterocycles. The number of carbonyl (C=O) groups is 2. The van der Waals surface area contributed by atoms with Crippen LogP contribution in [0.4, 0.5) is 0 Å². The molecule has 3 aromatic carbocycles. The highest BCUT2D eigenvalue weighted by Gasteiger charge is 2.19. The van der Waals surface area contributed by atoms with Gasteiger partial charge in [0.15, 0.2) is 5.82 Å². The summed E-state index contributed by atoms with van der Waals surface area (Å²) in [6, 6.07) is 26.7. The standard InChI is InChI=1S/C23H16N6O2/c24-15-16-11-13-18(14-12-16)22(30)26-27-23(31)20-25-21(17-7-3-1-4-8-17)29(28-20)19-9-5-2-6-10-19/h1-14H,(H,26,30)(H,27,31). The van der Waals surface area contributed by atoms with Crippen molar-refractivity contribution < 1.29 is 9.59 Å². The number of hydrogen-bond acceptors (Lipinski definition) is 5. The van der Waals surface area contributed by atoms with E-state index in [1.165, 1.54) is 24.3 Å². The molecule has 1 aromatic heterocycles. The number of para-hydroxylation sites is 1. The SMILES string of the molecule is N#Cc1ccc(C(=O)NNC(=O)c2nc(-c3ccccc3)n(-c3ccccc3)n2)cc1. The third-order valence-corrected chi connectivity index (χ3v) is 4.41. The summed E-state index contributed by atoms with van der Waals surface area (Å²) in [5.41, 5.74) is 6.93. The molecule has 0 fully saturated rings. The summed E-state index contributed by atoms with van der Waals surface area (Å²) < 4.78 is 1.58. The summed E-state index contributed by atoms with van der Waals surface area (Å²) in [6.45, 7) is 0. The number of nitrogens with zero attached hydrogens (tertiary/aromatic N) is 4. The van der Waals surface area contributed by atoms with E-state index < -0.39 is 11.8 Å². The first-order valence-corrected chi connectivity index (χ1v) is 9.34. The normalized spacial score (nSPS) is 10.2. The minimum atomic E-state index is -0.658. The van der Waals surface area contributed by atoms with Crippen molar-refractivity contribution in [2.75, 3.05) is 0 Å². The van der Waals surface area contributed by atoms with Crippen LogP contribution in [0.15, 0.2) is 84.9 Å². The molecule has 8 nitrogen and oxygen atoms in total. The van der Waals surface area contributed by atoms with Crippen LogP contribution in [-0.4, -0.2) is 26.6 Å². The van der Waals surface area contributed by atoms with Crippen LogP contribution in [-0.2, 0) is 0 Å². The fraction of sp³-hybridized carbons (Fsp3) is 0. The Hall–Kier alpha value is -4.77. The number of amides is 2. The Morgan fingerprint density at radius 3 is 2.06 bits per heavy atom. The average molecular weight is 408 g/mol. The zero-order valence-corrected chi connectivity index (χ0v) is 16.2. The predicted octanol–water partition coefficient (Wildman–Crippen LogP) is 2.88. The second kappa shape index (κ2) is 8.71. The fourth-order valence-corrected chi connectivity index (χ4v) is 2.87. The molecule has 8 heteroatoms. The minimum Gasteiger partial charge on any atom is -0.267 e. The molecule has 0 saturated heterocycles. The van der Waals surface area contributed by atoms with E-state index in [1.807, 2.05) is 66.7 Å². The Labute approximate surface area is 177 Å². The lowest BCUT2D eigenvalue weighted by atomic mass is 10.1. The monoisotopic (exact) mass is 408 g/mol. The van der Waals surface area contributed by atoms with E-state index in [4.69, 9.17) is 5.26 Å². The summed E-state index contributed by atoms with van der Waals surface area (Å²) in [7, 11) is 0. The first kappa shape index (κ1) is 19.5. The topological polar surface area (TPSA) is 113 Å². The molecule has 4 aromatic rings. The van der Waals surface area contributed by atoms with Gasteiger partial charge in [0.05, 0.1) is 17.3 Å². The van der Waals surface area contributed by atoms with Crippen molar-refractivity contribution in [3.8, 4) is 23.1 Å². The van der Waals surface area contributed by atoms with Crippen molar-refractivity contribution in [1.82, 2.24) is 25.6 Å². The molecule has 0 aliphatic rings. The Bertz CT molecular complexity index is 1200. The second-order valence-corrected chi connectivity index (χ2v) is 6.47. The number of nitrogens with one attached hydrogen (secondary N) is 2. The summed E-state index contributed by atoms with van der Waals surface area (Å²) >= 11 is 0. The van der Waals surface area contributed by atoms with Crippen LogP contribution in [0.2, 0.25) is 0 Å². The number of benzene rings is 3. The van der Waals surface area contributed by atoms with Crippen LogP contribution in [0.3, 0.4) is 0 Å². The maximum Gasteiger partial charge on any atom is 0.309 e. The molecular weight excluding hydrogens is 392 g/mol. The lowest BCUT2D eigenvalue weighted by Crippen LogP contribution is -2.42. The molecule has 0 atom stereocenters. The Kier molecular flexibility index (Phi) is 5.49. The molecule has 31 heavy (non-hydrogen) atoms. The van der Waals surface area contributed by atoms with Gasteiger partial charge in [-0.1, -0.05) is 48.5 Å². The Morgan fingerprint density at radius 1 is 0.806 bits per heavy atom. The molecule has 0 saturated carbocycles. The van der Waals surface area contributed by atoms with Crippen molar-refractivity contribution in [3.63, 3.8) is 0 Å². The third-order valence-electron chi connectivity index (χ3n) is 4.41. The van der Waals surface area contributed by atoms with Crippen molar-refractivity contribution in [2.24, 2.45) is 0 Å². The molecule has 2 N–H and O–H groups in total. The van der Waals surface area contributed by atoms with E-state index in [0.717, 1.165) is 11.3 Å². The van der Waals surface area contributed by atoms with Gasteiger partial charge in [-0.25, -0.2) is 9.67 Å². The van der Waals surface area contributed by atoms with Gasteiger partial charge in [0.1, 0.15) is 0 Å². The predicted molar refractivity (Wildman–Crippen MR) is 113 cm³/mol. The average Bonchev–Trinajstić information content (AvgIpc) is 3.29. The molecular formula is C23H16N6O2. The van der Waals surface area contributed by atoms with E-state index in [2.05, 4.69) is 20.9 Å². The number of aromatic nitrogens is 3. The molecule has 2 amide bonds. The molecule has 0 spiro atoms. The summed E-state index contributed by atoms with van der Waals surface area (Å²) in [4.78, 5) is 29.2. The van der Waals surface area contributed by atoms with Crippen LogP contribution < -0.4 is 10.9 Å². The molecule has 0 aliphatic carbocycles. The second-order valence-electron chi connectivity index (χ2n) is 6.47. The Balaban J connectivity index is 1.56. The van der Waals surface area contributed by atoms with Crippen LogP contribution in [0, 0.1) is 11.3 Å². The smallest absolute Gasteiger partial charge is 0.267 e. The van der Waals surface area contributed by atoms with Crippen LogP contribution in [0.25, 0.3) is 17.1 Å². The highest BCUT2D eigenvalue weighted by atomic mass is 16.2. The quantitative estimate of drug-likeness (QED) is 0.504. The van der Waals surface area contributed by atoms with Gasteiger partial charge in [-0.05, 0) is 36.4 Å². The first-order chi connectivity index (χ1) is 15.2. The number of nitriles is 1. The summed E-state index contributed by atoms with van der Waals surface area (Å²) in [6.07, 6.45) is 0. The van der Waals surface area contributed by atoms with Gasteiger partial charge in [0.25, 0.3) is 5.91 Å². The third kappa shape index (κ3) is 4.31. The van der Waals surface area contributed by atoms with E-state index >= 15 is 0 Å². The zero-order valence-electron chi connectivity index (χ0n) is 16.2. The van der Waals surface area contributed by atoms with Gasteiger partial charge in [0, 0.05) is 11.1 Å². The van der Waals surface area contributed by atoms with Crippen molar-refractivity contribution in [3.05, 3.63) is 102 Å². The van der Waals surface area contributed by atoms with Crippen LogP contribution >= 0.6 is 0 Å². The minimum absolute atomic E-state index is 0.0946. The highest BCUT2D eigenvalue weighted by Crippen LogP contribution is 2.20. The van der Waals surface area contributed by atoms with Crippen LogP contribution in [0.1, 0.15) is 26.5 Å². The maximum atomic E-state index is 12.6. The van der Waals surface area contributed by atoms with E-state index in [-0.39, 0.29) is 5.82 Å². The fourth-order valence-electron chi connectivity index (χ4n) is 2.87. The van der Waals surface area contributed by atoms with Gasteiger partial charge < -0.3 is 0 Å². The van der Waals surface area contributed by atoms with Gasteiger partial charge in [-0.2, -0.15) is 5.26 Å². The largest absolute Gasteiger partial charge is 0.309 e. The summed E-state index contributed by atoms with van der Waals surface area (Å²) in [5, 5.41) is 13.2. The first-order valence-electron chi connectivity index (χ1n) is 9.34. The van der Waals surface area contributed by atoms with E-state index in [0.29, 0.717) is 17.0 Å². The summed E-state index contributed by atoms with van der Waals surface area (Å²) in [5.74, 6) is -0.782. The van der Waals surface area contributed by atoms with Gasteiger partial charge in [-0.15, -0.1) is 5.10 Å². The van der Waals surface area contributed by atoms with Crippen molar-refractivity contribution in [1.29, 1.82) is 5.26 Å². The van der Waals surface area contributed by atoms with Crippen LogP contribution in [0.5, 0.6) is 0 Å². The van der Waals surface area contributed by atoms with Crippen molar-refractivity contribution >= 4 is 11.8 Å². The van der Waals surface area contributed by atoms with E-state index in [9.17, 15) is 9.59 Å². The van der Waals surface area contributed by atoms with Gasteiger partial charge in [0.2, 0.25) is 5.82 Å². The highest BCUT2D eigenvalue weighted by molar-refractivity contribution is 5.97. The van der Waals surface area contributed by atoms with E-state index in [1.54, 1.807) is 4.68 Å². The number of rotatable bonds is 4. The maximum absolute atomic E-state index is 12.6. The molecule has 0 bridgehead atoms. The Morgan fingerprint density at radius 2 is 1.42 bits per heavy atom. The number of hydrazine groups is 1. The van der Waals surface area contributed by atoms with Gasteiger partial charge in [-0.3, -0.25) is 20.4 Å². The molecule has 0 unspecified atom stereocenters. The van der Waals surface area contributed by atoms with Gasteiger partial charge >= 0.3 is 5.91 Å². The lowest BCUT2D eigenvalue weighted by molar-refractivity contribution is 0.0841. The number of hydrogen-bond donors (Lipinski definition) is 2. The number of carbonyl (C=O) groups excluding carboxylic acids is 2. The lowest BCUT2D eigenvalue weighted by Gasteiger charge is -2.05. The zero-order chi connectivity index (χ0) is 21.6. The molecule has 150 valence electrons. The molecule has 0 radical (unpaired) electrons.